The number of methoxy groups -OCH3 is 2. The molecule has 22 heavy (non-hydrogen) atoms. The smallest absolute Gasteiger partial charge is 0.118 e. The Hall–Kier alpha value is -2.73. The quantitative estimate of drug-likeness (QED) is 0.746. The first kappa shape index (κ1) is 15.7. The first-order valence-corrected chi connectivity index (χ1v) is 7.03. The summed E-state index contributed by atoms with van der Waals surface area (Å²) < 4.78 is 10.3. The Morgan fingerprint density at radius 2 is 1.36 bits per heavy atom. The van der Waals surface area contributed by atoms with Crippen molar-refractivity contribution in [3.05, 3.63) is 72.3 Å². The molecule has 0 saturated carbocycles. The van der Waals surface area contributed by atoms with E-state index in [1.807, 2.05) is 54.6 Å². The van der Waals surface area contributed by atoms with Gasteiger partial charge < -0.3 is 9.47 Å². The van der Waals surface area contributed by atoms with Gasteiger partial charge in [0.15, 0.2) is 0 Å². The van der Waals surface area contributed by atoms with Gasteiger partial charge in [-0.3, -0.25) is 0 Å². The fourth-order valence-corrected chi connectivity index (χ4v) is 2.46. The maximum absolute atomic E-state index is 9.62. The van der Waals surface area contributed by atoms with Crippen molar-refractivity contribution in [1.29, 1.82) is 5.26 Å². The summed E-state index contributed by atoms with van der Waals surface area (Å²) >= 11 is 0. The molecule has 2 aromatic carbocycles. The molecular formula is C19H19NO2. The summed E-state index contributed by atoms with van der Waals surface area (Å²) in [5.74, 6) is 1.20. The van der Waals surface area contributed by atoms with Gasteiger partial charge in [0.05, 0.1) is 26.2 Å². The summed E-state index contributed by atoms with van der Waals surface area (Å²) in [4.78, 5) is 0. The van der Waals surface area contributed by atoms with Crippen LogP contribution in [0.2, 0.25) is 0 Å². The second-order valence-corrected chi connectivity index (χ2v) is 4.91. The van der Waals surface area contributed by atoms with Crippen molar-refractivity contribution in [2.24, 2.45) is 0 Å². The van der Waals surface area contributed by atoms with Gasteiger partial charge in [-0.15, -0.1) is 6.58 Å². The molecule has 0 saturated heterocycles. The predicted octanol–water partition coefficient (Wildman–Crippen LogP) is 4.28. The van der Waals surface area contributed by atoms with Crippen molar-refractivity contribution < 1.29 is 9.47 Å². The topological polar surface area (TPSA) is 42.2 Å². The highest BCUT2D eigenvalue weighted by Crippen LogP contribution is 2.34. The number of allylic oxidation sites excluding steroid dienone is 1. The summed E-state index contributed by atoms with van der Waals surface area (Å²) in [6, 6.07) is 17.7. The molecule has 112 valence electrons. The zero-order chi connectivity index (χ0) is 15.9. The first-order chi connectivity index (χ1) is 10.7. The summed E-state index contributed by atoms with van der Waals surface area (Å²) in [6.45, 7) is 3.90. The van der Waals surface area contributed by atoms with Gasteiger partial charge in [0.1, 0.15) is 11.5 Å². The van der Waals surface area contributed by atoms with Crippen molar-refractivity contribution in [2.75, 3.05) is 14.2 Å². The molecule has 0 bridgehead atoms. The minimum atomic E-state index is -0.295. The van der Waals surface area contributed by atoms with E-state index in [-0.39, 0.29) is 11.8 Å². The lowest BCUT2D eigenvalue weighted by Crippen LogP contribution is -2.07. The van der Waals surface area contributed by atoms with Gasteiger partial charge >= 0.3 is 0 Å². The van der Waals surface area contributed by atoms with E-state index in [0.717, 1.165) is 22.6 Å². The minimum Gasteiger partial charge on any atom is -0.497 e. The Bertz CT molecular complexity index is 653. The van der Waals surface area contributed by atoms with Gasteiger partial charge in [0.2, 0.25) is 0 Å². The molecule has 3 nitrogen and oxygen atoms in total. The number of ether oxygens (including phenoxy) is 2. The van der Waals surface area contributed by atoms with Gasteiger partial charge in [-0.05, 0) is 35.4 Å². The summed E-state index contributed by atoms with van der Waals surface area (Å²) in [5.41, 5.74) is 1.99. The maximum atomic E-state index is 9.62. The van der Waals surface area contributed by atoms with E-state index >= 15 is 0 Å². The Balaban J connectivity index is 2.32. The Morgan fingerprint density at radius 3 is 1.73 bits per heavy atom. The van der Waals surface area contributed by atoms with E-state index in [2.05, 4.69) is 12.6 Å². The Kier molecular flexibility index (Phi) is 5.21. The van der Waals surface area contributed by atoms with E-state index in [1.54, 1.807) is 14.2 Å². The Morgan fingerprint density at radius 1 is 0.909 bits per heavy atom. The third-order valence-corrected chi connectivity index (χ3v) is 3.73. The first-order valence-electron chi connectivity index (χ1n) is 7.03. The second-order valence-electron chi connectivity index (χ2n) is 4.91. The van der Waals surface area contributed by atoms with E-state index in [0.29, 0.717) is 0 Å². The molecule has 0 spiro atoms. The lowest BCUT2D eigenvalue weighted by Gasteiger charge is -2.20. The van der Waals surface area contributed by atoms with Crippen molar-refractivity contribution in [2.45, 2.75) is 11.8 Å². The van der Waals surface area contributed by atoms with Crippen LogP contribution >= 0.6 is 0 Å². The van der Waals surface area contributed by atoms with Gasteiger partial charge in [-0.2, -0.15) is 5.26 Å². The molecule has 0 aliphatic carbocycles. The minimum absolute atomic E-state index is 0.0794. The molecule has 0 unspecified atom stereocenters. The predicted molar refractivity (Wildman–Crippen MR) is 87.3 cm³/mol. The van der Waals surface area contributed by atoms with Crippen LogP contribution in [0.3, 0.4) is 0 Å². The molecule has 3 heteroatoms. The van der Waals surface area contributed by atoms with Crippen LogP contribution < -0.4 is 9.47 Å². The molecule has 2 rings (SSSR count). The second kappa shape index (κ2) is 7.33. The summed E-state index contributed by atoms with van der Waals surface area (Å²) in [7, 11) is 3.26. The number of rotatable bonds is 6. The molecular weight excluding hydrogens is 274 g/mol. The van der Waals surface area contributed by atoms with Crippen molar-refractivity contribution in [1.82, 2.24) is 0 Å². The monoisotopic (exact) mass is 293 g/mol. The molecule has 0 N–H and O–H groups in total. The fraction of sp³-hybridized carbons (Fsp3) is 0.211. The summed E-state index contributed by atoms with van der Waals surface area (Å²) in [6.07, 6.45) is 1.82. The lowest BCUT2D eigenvalue weighted by molar-refractivity contribution is 0.414. The number of benzene rings is 2. The molecule has 0 radical (unpaired) electrons. The van der Waals surface area contributed by atoms with E-state index < -0.39 is 0 Å². The molecule has 0 amide bonds. The van der Waals surface area contributed by atoms with Crippen LogP contribution in [0.4, 0.5) is 0 Å². The van der Waals surface area contributed by atoms with Crippen LogP contribution in [-0.2, 0) is 0 Å². The molecule has 0 aliphatic heterocycles. The molecule has 0 aliphatic rings. The lowest BCUT2D eigenvalue weighted by atomic mass is 9.82. The van der Waals surface area contributed by atoms with Gasteiger partial charge in [-0.1, -0.05) is 30.3 Å². The average Bonchev–Trinajstić information content (AvgIpc) is 2.60. The van der Waals surface area contributed by atoms with Gasteiger partial charge in [0.25, 0.3) is 0 Å². The number of nitrogens with zero attached hydrogens (tertiary/aromatic N) is 1. The fourth-order valence-electron chi connectivity index (χ4n) is 2.46. The molecule has 0 heterocycles. The normalized spacial score (nSPS) is 12.8. The van der Waals surface area contributed by atoms with Crippen molar-refractivity contribution in [3.63, 3.8) is 0 Å². The SMILES string of the molecule is C=C[C@H](c1ccc(OC)cc1)[C@@H](C#N)c1ccc(OC)cc1. The van der Waals surface area contributed by atoms with Crippen LogP contribution in [0.25, 0.3) is 0 Å². The largest absolute Gasteiger partial charge is 0.497 e. The zero-order valence-corrected chi connectivity index (χ0v) is 12.8. The van der Waals surface area contributed by atoms with E-state index in [1.165, 1.54) is 0 Å². The molecule has 2 aromatic rings. The van der Waals surface area contributed by atoms with Crippen LogP contribution in [0.15, 0.2) is 61.2 Å². The van der Waals surface area contributed by atoms with Crippen molar-refractivity contribution >= 4 is 0 Å². The van der Waals surface area contributed by atoms with E-state index in [9.17, 15) is 5.26 Å². The Labute approximate surface area is 131 Å². The van der Waals surface area contributed by atoms with E-state index in [4.69, 9.17) is 9.47 Å². The maximum Gasteiger partial charge on any atom is 0.118 e. The molecule has 0 aromatic heterocycles. The highest BCUT2D eigenvalue weighted by Gasteiger charge is 2.22. The zero-order valence-electron chi connectivity index (χ0n) is 12.8. The van der Waals surface area contributed by atoms with Gasteiger partial charge in [0, 0.05) is 5.92 Å². The van der Waals surface area contributed by atoms with Crippen LogP contribution in [0.5, 0.6) is 11.5 Å². The van der Waals surface area contributed by atoms with Crippen LogP contribution in [-0.4, -0.2) is 14.2 Å². The highest BCUT2D eigenvalue weighted by molar-refractivity contribution is 5.40. The molecule has 0 fully saturated rings. The van der Waals surface area contributed by atoms with Crippen LogP contribution in [0, 0.1) is 11.3 Å². The standard InChI is InChI=1S/C19H19NO2/c1-4-18(14-5-9-16(21-2)10-6-14)19(13-20)15-7-11-17(22-3)12-8-15/h4-12,18-19H,1H2,2-3H3/t18-,19+/m1/s1. The van der Waals surface area contributed by atoms with Crippen molar-refractivity contribution in [3.8, 4) is 17.6 Å². The van der Waals surface area contributed by atoms with Gasteiger partial charge in [-0.25, -0.2) is 0 Å². The number of hydrogen-bond acceptors (Lipinski definition) is 3. The van der Waals surface area contributed by atoms with Crippen LogP contribution in [0.1, 0.15) is 23.0 Å². The number of hydrogen-bond donors (Lipinski definition) is 0. The third-order valence-electron chi connectivity index (χ3n) is 3.73. The highest BCUT2D eigenvalue weighted by atomic mass is 16.5. The third kappa shape index (κ3) is 3.29. The summed E-state index contributed by atoms with van der Waals surface area (Å²) in [5, 5.41) is 9.62. The molecule has 2 atom stereocenters. The number of nitriles is 1. The average molecular weight is 293 g/mol.